The molecule has 0 aromatic heterocycles. The van der Waals surface area contributed by atoms with E-state index in [-0.39, 0.29) is 0 Å². The van der Waals surface area contributed by atoms with Crippen LogP contribution in [0.1, 0.15) is 146 Å². The summed E-state index contributed by atoms with van der Waals surface area (Å²) in [4.78, 5) is 0. The van der Waals surface area contributed by atoms with Gasteiger partial charge >= 0.3 is 0 Å². The number of benzene rings is 1. The van der Waals surface area contributed by atoms with Crippen molar-refractivity contribution in [3.8, 4) is 5.75 Å². The van der Waals surface area contributed by atoms with Crippen LogP contribution in [0.4, 0.5) is 0 Å². The quantitative estimate of drug-likeness (QED) is 0.140. The van der Waals surface area contributed by atoms with Crippen molar-refractivity contribution in [3.05, 3.63) is 28.8 Å². The molecule has 1 N–H and O–H groups in total. The summed E-state index contributed by atoms with van der Waals surface area (Å²) in [7, 11) is 0. The van der Waals surface area contributed by atoms with Crippen LogP contribution in [0.2, 0.25) is 0 Å². The topological polar surface area (TPSA) is 20.2 Å². The monoisotopic (exact) mass is 508 g/mol. The summed E-state index contributed by atoms with van der Waals surface area (Å²) < 4.78 is 0. The second kappa shape index (κ2) is 23.1. The first-order valence-corrected chi connectivity index (χ1v) is 17.0. The van der Waals surface area contributed by atoms with E-state index in [1.54, 1.807) is 0 Å². The number of phenolic OH excluding ortho intramolecular Hbond substituents is 1. The van der Waals surface area contributed by atoms with E-state index in [2.05, 4.69) is 50.4 Å². The maximum absolute atomic E-state index is 10.2. The molecule has 0 fully saturated rings. The highest BCUT2D eigenvalue weighted by atomic mass is 32.2. The van der Waals surface area contributed by atoms with E-state index in [4.69, 9.17) is 0 Å². The van der Waals surface area contributed by atoms with Crippen molar-refractivity contribution in [1.82, 2.24) is 0 Å². The Labute approximate surface area is 222 Å². The van der Waals surface area contributed by atoms with Gasteiger partial charge in [0.05, 0.1) is 0 Å². The van der Waals surface area contributed by atoms with Crippen molar-refractivity contribution >= 4 is 23.5 Å². The molecule has 0 atom stereocenters. The zero-order valence-electron chi connectivity index (χ0n) is 23.0. The van der Waals surface area contributed by atoms with Gasteiger partial charge in [0.25, 0.3) is 0 Å². The van der Waals surface area contributed by atoms with E-state index in [1.807, 2.05) is 6.07 Å². The highest BCUT2D eigenvalue weighted by Gasteiger charge is 2.10. The Balaban J connectivity index is 2.16. The summed E-state index contributed by atoms with van der Waals surface area (Å²) in [5.41, 5.74) is 3.93. The molecule has 0 amide bonds. The van der Waals surface area contributed by atoms with Gasteiger partial charge in [-0.1, -0.05) is 123 Å². The fraction of sp³-hybridized carbons (Fsp3) is 0.806. The Hall–Kier alpha value is -0.280. The molecule has 1 aromatic carbocycles. The number of aromatic hydroxyl groups is 1. The van der Waals surface area contributed by atoms with E-state index >= 15 is 0 Å². The van der Waals surface area contributed by atoms with Gasteiger partial charge in [0.1, 0.15) is 5.75 Å². The van der Waals surface area contributed by atoms with E-state index in [1.165, 1.54) is 138 Å². The van der Waals surface area contributed by atoms with Gasteiger partial charge in [-0.2, -0.15) is 23.5 Å². The van der Waals surface area contributed by atoms with Crippen LogP contribution in [0, 0.1) is 6.92 Å². The molecule has 0 radical (unpaired) electrons. The standard InChI is InChI=1S/C31H56OS2/c1-4-6-8-10-12-14-16-18-20-24-33-26-29-22-23-31(32)28(3)30(29)27-34-25-21-19-17-15-13-11-9-7-5-2/h22-23,32H,4-21,24-27H2,1-3H3. The number of rotatable bonds is 24. The Morgan fingerprint density at radius 3 is 1.44 bits per heavy atom. The largest absolute Gasteiger partial charge is 0.508 e. The molecule has 198 valence electrons. The maximum atomic E-state index is 10.2. The van der Waals surface area contributed by atoms with Crippen LogP contribution in [-0.2, 0) is 11.5 Å². The molecular weight excluding hydrogens is 452 g/mol. The molecule has 1 nitrogen and oxygen atoms in total. The zero-order valence-corrected chi connectivity index (χ0v) is 24.6. The normalized spacial score (nSPS) is 11.4. The SMILES string of the molecule is CCCCCCCCCCCSCc1ccc(O)c(C)c1CSCCCCCCCCCCC. The van der Waals surface area contributed by atoms with Gasteiger partial charge in [-0.25, -0.2) is 0 Å². The lowest BCUT2D eigenvalue weighted by molar-refractivity contribution is 0.470. The van der Waals surface area contributed by atoms with Gasteiger partial charge in [0.2, 0.25) is 0 Å². The molecule has 0 heterocycles. The smallest absolute Gasteiger partial charge is 0.118 e. The molecule has 1 aromatic rings. The summed E-state index contributed by atoms with van der Waals surface area (Å²) in [6.07, 6.45) is 25.2. The third kappa shape index (κ3) is 16.4. The molecule has 0 aliphatic rings. The molecule has 34 heavy (non-hydrogen) atoms. The molecule has 1 rings (SSSR count). The van der Waals surface area contributed by atoms with Crippen molar-refractivity contribution in [2.24, 2.45) is 0 Å². The number of hydrogen-bond acceptors (Lipinski definition) is 3. The first-order chi connectivity index (χ1) is 16.7. The average Bonchev–Trinajstić information content (AvgIpc) is 2.84. The summed E-state index contributed by atoms with van der Waals surface area (Å²) in [6.45, 7) is 6.67. The zero-order chi connectivity index (χ0) is 24.7. The Kier molecular flexibility index (Phi) is 21.6. The Morgan fingerprint density at radius 2 is 0.971 bits per heavy atom. The molecule has 0 saturated heterocycles. The maximum Gasteiger partial charge on any atom is 0.118 e. The number of phenols is 1. The molecule has 0 unspecified atom stereocenters. The minimum Gasteiger partial charge on any atom is -0.508 e. The highest BCUT2D eigenvalue weighted by Crippen LogP contribution is 2.30. The van der Waals surface area contributed by atoms with Gasteiger partial charge in [0, 0.05) is 11.5 Å². The van der Waals surface area contributed by atoms with E-state index in [0.717, 1.165) is 17.1 Å². The number of unbranched alkanes of at least 4 members (excludes halogenated alkanes) is 16. The van der Waals surface area contributed by atoms with Crippen LogP contribution in [-0.4, -0.2) is 16.6 Å². The summed E-state index contributed by atoms with van der Waals surface area (Å²) in [5.74, 6) is 5.11. The highest BCUT2D eigenvalue weighted by molar-refractivity contribution is 7.98. The van der Waals surface area contributed by atoms with Crippen molar-refractivity contribution in [1.29, 1.82) is 0 Å². The van der Waals surface area contributed by atoms with Gasteiger partial charge < -0.3 is 5.11 Å². The second-order valence-electron chi connectivity index (χ2n) is 10.1. The third-order valence-corrected chi connectivity index (χ3v) is 9.12. The average molecular weight is 509 g/mol. The van der Waals surface area contributed by atoms with Gasteiger partial charge in [-0.3, -0.25) is 0 Å². The molecule has 0 spiro atoms. The third-order valence-electron chi connectivity index (χ3n) is 6.96. The molecule has 0 bridgehead atoms. The fourth-order valence-corrected chi connectivity index (χ4v) is 6.72. The Morgan fingerprint density at radius 1 is 0.559 bits per heavy atom. The van der Waals surface area contributed by atoms with Crippen LogP contribution in [0.15, 0.2) is 12.1 Å². The summed E-state index contributed by atoms with van der Waals surface area (Å²) >= 11 is 4.14. The summed E-state index contributed by atoms with van der Waals surface area (Å²) in [5, 5.41) is 10.2. The fourth-order valence-electron chi connectivity index (χ4n) is 4.52. The lowest BCUT2D eigenvalue weighted by atomic mass is 10.0. The van der Waals surface area contributed by atoms with Gasteiger partial charge in [-0.15, -0.1) is 0 Å². The molecule has 0 aliphatic heterocycles. The van der Waals surface area contributed by atoms with Crippen molar-refractivity contribution in [2.75, 3.05) is 11.5 Å². The van der Waals surface area contributed by atoms with E-state index in [0.29, 0.717) is 5.75 Å². The van der Waals surface area contributed by atoms with Crippen molar-refractivity contribution in [2.45, 2.75) is 148 Å². The van der Waals surface area contributed by atoms with E-state index < -0.39 is 0 Å². The van der Waals surface area contributed by atoms with Crippen LogP contribution in [0.5, 0.6) is 5.75 Å². The van der Waals surface area contributed by atoms with Crippen LogP contribution >= 0.6 is 23.5 Å². The van der Waals surface area contributed by atoms with Crippen LogP contribution in [0.3, 0.4) is 0 Å². The first kappa shape index (κ1) is 31.7. The molecule has 3 heteroatoms. The Bertz CT molecular complexity index is 587. The predicted octanol–water partition coefficient (Wildman–Crippen LogP) is 11.2. The van der Waals surface area contributed by atoms with Crippen LogP contribution in [0.25, 0.3) is 0 Å². The van der Waals surface area contributed by atoms with Crippen LogP contribution < -0.4 is 0 Å². The van der Waals surface area contributed by atoms with E-state index in [9.17, 15) is 5.11 Å². The summed E-state index contributed by atoms with van der Waals surface area (Å²) in [6, 6.07) is 4.07. The first-order valence-electron chi connectivity index (χ1n) is 14.7. The minimum absolute atomic E-state index is 0.464. The molecule has 0 saturated carbocycles. The number of thioether (sulfide) groups is 2. The van der Waals surface area contributed by atoms with Gasteiger partial charge in [0.15, 0.2) is 0 Å². The van der Waals surface area contributed by atoms with Crippen molar-refractivity contribution < 1.29 is 5.11 Å². The van der Waals surface area contributed by atoms with Crippen molar-refractivity contribution in [3.63, 3.8) is 0 Å². The minimum atomic E-state index is 0.464. The molecular formula is C31H56OS2. The van der Waals surface area contributed by atoms with Gasteiger partial charge in [-0.05, 0) is 54.0 Å². The second-order valence-corrected chi connectivity index (χ2v) is 12.3. The molecule has 0 aliphatic carbocycles. The lowest BCUT2D eigenvalue weighted by Gasteiger charge is -2.14. The number of hydrogen-bond donors (Lipinski definition) is 1. The lowest BCUT2D eigenvalue weighted by Crippen LogP contribution is -1.97. The predicted molar refractivity (Wildman–Crippen MR) is 160 cm³/mol.